The molecule has 112 valence electrons. The Hall–Kier alpha value is -2.06. The lowest BCUT2D eigenvalue weighted by molar-refractivity contribution is 0.566. The van der Waals surface area contributed by atoms with Gasteiger partial charge in [0, 0.05) is 12.1 Å². The third-order valence-corrected chi connectivity index (χ3v) is 4.14. The van der Waals surface area contributed by atoms with Crippen molar-refractivity contribution in [2.24, 2.45) is 0 Å². The predicted molar refractivity (Wildman–Crippen MR) is 71.2 cm³/mol. The Kier molecular flexibility index (Phi) is 4.19. The van der Waals surface area contributed by atoms with E-state index >= 15 is 0 Å². The fourth-order valence-corrected chi connectivity index (χ4v) is 2.67. The normalized spacial score (nSPS) is 11.6. The predicted octanol–water partition coefficient (Wildman–Crippen LogP) is 2.16. The quantitative estimate of drug-likeness (QED) is 0.849. The van der Waals surface area contributed by atoms with Crippen LogP contribution in [-0.2, 0) is 16.6 Å². The smallest absolute Gasteiger partial charge is 0.240 e. The van der Waals surface area contributed by atoms with Crippen molar-refractivity contribution >= 4 is 15.7 Å². The Balaban J connectivity index is 2.21. The number of halogens is 3. The van der Waals surface area contributed by atoms with Crippen LogP contribution in [0.25, 0.3) is 0 Å². The van der Waals surface area contributed by atoms with Gasteiger partial charge in [-0.1, -0.05) is 0 Å². The number of nitrogens with two attached hydrogens (primary N) is 1. The first-order valence-corrected chi connectivity index (χ1v) is 7.26. The van der Waals surface area contributed by atoms with Crippen molar-refractivity contribution in [2.45, 2.75) is 11.4 Å². The largest absolute Gasteiger partial charge is 0.396 e. The van der Waals surface area contributed by atoms with E-state index in [0.717, 1.165) is 36.4 Å². The number of anilines is 1. The topological polar surface area (TPSA) is 72.2 Å². The molecule has 2 aromatic carbocycles. The van der Waals surface area contributed by atoms with Gasteiger partial charge in [-0.15, -0.1) is 0 Å². The van der Waals surface area contributed by atoms with Crippen LogP contribution in [0.2, 0.25) is 0 Å². The van der Waals surface area contributed by atoms with E-state index in [1.165, 1.54) is 0 Å². The van der Waals surface area contributed by atoms with Gasteiger partial charge in [-0.25, -0.2) is 26.3 Å². The molecule has 0 aromatic heterocycles. The van der Waals surface area contributed by atoms with E-state index in [1.54, 1.807) is 0 Å². The molecule has 2 aromatic rings. The van der Waals surface area contributed by atoms with Gasteiger partial charge in [0.15, 0.2) is 0 Å². The average Bonchev–Trinajstić information content (AvgIpc) is 2.43. The minimum Gasteiger partial charge on any atom is -0.396 e. The van der Waals surface area contributed by atoms with Crippen molar-refractivity contribution < 1.29 is 21.6 Å². The molecule has 4 nitrogen and oxygen atoms in total. The molecule has 0 radical (unpaired) electrons. The van der Waals surface area contributed by atoms with Crippen molar-refractivity contribution in [3.05, 3.63) is 59.4 Å². The van der Waals surface area contributed by atoms with E-state index in [0.29, 0.717) is 0 Å². The number of nitrogen functional groups attached to an aromatic ring is 1. The van der Waals surface area contributed by atoms with Crippen LogP contribution >= 0.6 is 0 Å². The highest BCUT2D eigenvalue weighted by atomic mass is 32.2. The molecular formula is C13H11F3N2O2S. The third-order valence-electron chi connectivity index (χ3n) is 2.74. The maximum atomic E-state index is 13.4. The molecule has 0 saturated carbocycles. The number of hydrogen-bond donors (Lipinski definition) is 2. The second-order valence-corrected chi connectivity index (χ2v) is 6.01. The molecule has 0 aliphatic carbocycles. The maximum Gasteiger partial charge on any atom is 0.240 e. The molecule has 3 N–H and O–H groups in total. The molecule has 0 saturated heterocycles. The summed E-state index contributed by atoms with van der Waals surface area (Å²) in [7, 11) is -4.01. The molecule has 8 heteroatoms. The minimum absolute atomic E-state index is 0.145. The fraction of sp³-hybridized carbons (Fsp3) is 0.0769. The van der Waals surface area contributed by atoms with Crippen molar-refractivity contribution in [3.63, 3.8) is 0 Å². The Bertz CT molecular complexity index is 779. The van der Waals surface area contributed by atoms with E-state index in [4.69, 9.17) is 5.73 Å². The van der Waals surface area contributed by atoms with Crippen LogP contribution < -0.4 is 10.5 Å². The van der Waals surface area contributed by atoms with Gasteiger partial charge in [0.05, 0.1) is 10.6 Å². The van der Waals surface area contributed by atoms with E-state index in [1.807, 2.05) is 0 Å². The standard InChI is InChI=1S/C13H11F3N2O2S/c14-9-1-3-11(15)8(5-9)7-18-21(19,20)10-2-4-12(16)13(17)6-10/h1-6,18H,7,17H2. The summed E-state index contributed by atoms with van der Waals surface area (Å²) in [6.07, 6.45) is 0. The molecular weight excluding hydrogens is 305 g/mol. The van der Waals surface area contributed by atoms with Crippen molar-refractivity contribution in [2.75, 3.05) is 5.73 Å². The number of benzene rings is 2. The molecule has 0 spiro atoms. The zero-order valence-corrected chi connectivity index (χ0v) is 11.4. The number of hydrogen-bond acceptors (Lipinski definition) is 3. The average molecular weight is 316 g/mol. The summed E-state index contributed by atoms with van der Waals surface area (Å²) in [5.41, 5.74) is 4.82. The molecule has 2 rings (SSSR count). The molecule has 0 fully saturated rings. The van der Waals surface area contributed by atoms with Crippen molar-refractivity contribution in [1.82, 2.24) is 4.72 Å². The lowest BCUT2D eigenvalue weighted by Gasteiger charge is -2.08. The number of sulfonamides is 1. The fourth-order valence-electron chi connectivity index (χ4n) is 1.62. The molecule has 0 bridgehead atoms. The van der Waals surface area contributed by atoms with E-state index in [-0.39, 0.29) is 16.1 Å². The first kappa shape index (κ1) is 15.3. The Morgan fingerprint density at radius 1 is 1.00 bits per heavy atom. The zero-order valence-electron chi connectivity index (χ0n) is 10.6. The molecule has 21 heavy (non-hydrogen) atoms. The molecule has 0 amide bonds. The maximum absolute atomic E-state index is 13.4. The Morgan fingerprint density at radius 2 is 1.67 bits per heavy atom. The second-order valence-electron chi connectivity index (χ2n) is 4.24. The minimum atomic E-state index is -4.01. The Labute approximate surface area is 119 Å². The van der Waals surface area contributed by atoms with Crippen LogP contribution in [0.4, 0.5) is 18.9 Å². The molecule has 0 unspecified atom stereocenters. The van der Waals surface area contributed by atoms with Crippen molar-refractivity contribution in [3.8, 4) is 0 Å². The first-order valence-electron chi connectivity index (χ1n) is 5.78. The highest BCUT2D eigenvalue weighted by Gasteiger charge is 2.16. The van der Waals surface area contributed by atoms with Crippen LogP contribution in [0.3, 0.4) is 0 Å². The molecule has 0 aliphatic rings. The van der Waals surface area contributed by atoms with Gasteiger partial charge in [0.25, 0.3) is 0 Å². The van der Waals surface area contributed by atoms with Gasteiger partial charge in [-0.05, 0) is 36.4 Å². The van der Waals surface area contributed by atoms with Gasteiger partial charge in [0.1, 0.15) is 17.5 Å². The number of nitrogens with one attached hydrogen (secondary N) is 1. The summed E-state index contributed by atoms with van der Waals surface area (Å²) in [4.78, 5) is -0.266. The molecule has 0 heterocycles. The summed E-state index contributed by atoms with van der Waals surface area (Å²) in [5.74, 6) is -2.17. The highest BCUT2D eigenvalue weighted by molar-refractivity contribution is 7.89. The van der Waals surface area contributed by atoms with Crippen LogP contribution in [0.15, 0.2) is 41.3 Å². The van der Waals surface area contributed by atoms with Crippen LogP contribution in [-0.4, -0.2) is 8.42 Å². The van der Waals surface area contributed by atoms with Gasteiger partial charge < -0.3 is 5.73 Å². The van der Waals surface area contributed by atoms with Gasteiger partial charge in [0.2, 0.25) is 10.0 Å². The lowest BCUT2D eigenvalue weighted by Crippen LogP contribution is -2.24. The van der Waals surface area contributed by atoms with Crippen LogP contribution in [0, 0.1) is 17.5 Å². The summed E-state index contributed by atoms with van der Waals surface area (Å²) >= 11 is 0. The number of rotatable bonds is 4. The van der Waals surface area contributed by atoms with E-state index < -0.39 is 34.0 Å². The first-order chi connectivity index (χ1) is 9.79. The van der Waals surface area contributed by atoms with Gasteiger partial charge in [-0.3, -0.25) is 0 Å². The summed E-state index contributed by atoms with van der Waals surface area (Å²) in [5, 5.41) is 0. The van der Waals surface area contributed by atoms with Gasteiger partial charge >= 0.3 is 0 Å². The van der Waals surface area contributed by atoms with Crippen LogP contribution in [0.5, 0.6) is 0 Å². The van der Waals surface area contributed by atoms with Crippen LogP contribution in [0.1, 0.15) is 5.56 Å². The van der Waals surface area contributed by atoms with E-state index in [9.17, 15) is 21.6 Å². The lowest BCUT2D eigenvalue weighted by atomic mass is 10.2. The summed E-state index contributed by atoms with van der Waals surface area (Å²) in [6.45, 7) is -0.441. The molecule has 0 atom stereocenters. The SMILES string of the molecule is Nc1cc(S(=O)(=O)NCc2cc(F)ccc2F)ccc1F. The van der Waals surface area contributed by atoms with Gasteiger partial charge in [-0.2, -0.15) is 0 Å². The zero-order chi connectivity index (χ0) is 15.6. The second kappa shape index (κ2) is 5.74. The van der Waals surface area contributed by atoms with Crippen molar-refractivity contribution in [1.29, 1.82) is 0 Å². The monoisotopic (exact) mass is 316 g/mol. The Morgan fingerprint density at radius 3 is 2.33 bits per heavy atom. The third kappa shape index (κ3) is 3.53. The summed E-state index contributed by atoms with van der Waals surface area (Å²) in [6, 6.07) is 5.59. The molecule has 0 aliphatic heterocycles. The summed E-state index contributed by atoms with van der Waals surface area (Å²) < 4.78 is 65.4. The highest BCUT2D eigenvalue weighted by Crippen LogP contribution is 2.17. The van der Waals surface area contributed by atoms with E-state index in [2.05, 4.69) is 4.72 Å².